The second-order valence-corrected chi connectivity index (χ2v) is 7.18. The molecule has 0 unspecified atom stereocenters. The first-order valence-electron chi connectivity index (χ1n) is 9.64. The van der Waals surface area contributed by atoms with Gasteiger partial charge in [0.05, 0.1) is 0 Å². The van der Waals surface area contributed by atoms with E-state index in [-0.39, 0.29) is 0 Å². The van der Waals surface area contributed by atoms with Crippen LogP contribution in [0.3, 0.4) is 0 Å². The average Bonchev–Trinajstić information content (AvgIpc) is 2.78. The molecular weight excluding hydrogens is 372 g/mol. The van der Waals surface area contributed by atoms with E-state index >= 15 is 0 Å². The van der Waals surface area contributed by atoms with E-state index < -0.39 is 0 Å². The Kier molecular flexibility index (Phi) is 5.98. The maximum Gasteiger partial charge on any atom is 0.182 e. The van der Waals surface area contributed by atoms with Gasteiger partial charge < -0.3 is 5.32 Å². The molecule has 0 radical (unpaired) electrons. The van der Waals surface area contributed by atoms with Crippen LogP contribution in [0.4, 0.5) is 17.1 Å². The Bertz CT molecular complexity index is 1010. The van der Waals surface area contributed by atoms with Crippen LogP contribution >= 0.6 is 12.2 Å². The number of rotatable bonds is 5. The number of para-hydroxylation sites is 2. The van der Waals surface area contributed by atoms with Crippen molar-refractivity contribution in [3.8, 4) is 0 Å². The smallest absolute Gasteiger partial charge is 0.182 e. The Labute approximate surface area is 177 Å². The van der Waals surface area contributed by atoms with Gasteiger partial charge in [-0.1, -0.05) is 78.9 Å². The molecule has 3 heteroatoms. The highest BCUT2D eigenvalue weighted by atomic mass is 32.1. The zero-order chi connectivity index (χ0) is 19.9. The molecule has 29 heavy (non-hydrogen) atoms. The number of benzene rings is 4. The van der Waals surface area contributed by atoms with Crippen LogP contribution in [0.5, 0.6) is 0 Å². The van der Waals surface area contributed by atoms with E-state index in [1.54, 1.807) is 0 Å². The minimum Gasteiger partial charge on any atom is -0.332 e. The molecule has 0 aliphatic carbocycles. The summed E-state index contributed by atoms with van der Waals surface area (Å²) in [6.45, 7) is 0. The van der Waals surface area contributed by atoms with Crippen molar-refractivity contribution in [2.45, 2.75) is 6.42 Å². The molecule has 1 N–H and O–H groups in total. The van der Waals surface area contributed by atoms with E-state index in [1.807, 2.05) is 47.4 Å². The second-order valence-electron chi connectivity index (χ2n) is 6.80. The summed E-state index contributed by atoms with van der Waals surface area (Å²) < 4.78 is 0. The molecule has 0 saturated carbocycles. The molecule has 0 saturated heterocycles. The maximum absolute atomic E-state index is 5.77. The van der Waals surface area contributed by atoms with Crippen LogP contribution < -0.4 is 10.2 Å². The normalized spacial score (nSPS) is 10.3. The minimum absolute atomic E-state index is 0.637. The fourth-order valence-corrected chi connectivity index (χ4v) is 3.58. The standard InChI is InChI=1S/C26H22N2S/c29-26(28(24-12-6-2-7-13-24)25-14-8-3-9-15-25)27-23-18-16-22(17-19-23)20-21-10-4-1-5-11-21/h1-19H,20H2,(H,27,29). The van der Waals surface area contributed by atoms with E-state index in [0.717, 1.165) is 23.5 Å². The number of hydrogen-bond acceptors (Lipinski definition) is 1. The third-order valence-electron chi connectivity index (χ3n) is 4.69. The van der Waals surface area contributed by atoms with Gasteiger partial charge in [-0.2, -0.15) is 0 Å². The lowest BCUT2D eigenvalue weighted by atomic mass is 10.0. The monoisotopic (exact) mass is 394 g/mol. The van der Waals surface area contributed by atoms with Crippen molar-refractivity contribution in [1.82, 2.24) is 0 Å². The van der Waals surface area contributed by atoms with E-state index in [0.29, 0.717) is 5.11 Å². The van der Waals surface area contributed by atoms with Gasteiger partial charge in [-0.25, -0.2) is 0 Å². The molecular formula is C26H22N2S. The molecule has 4 aromatic rings. The summed E-state index contributed by atoms with van der Waals surface area (Å²) in [6, 6.07) is 39.3. The number of thiocarbonyl (C=S) groups is 1. The van der Waals surface area contributed by atoms with Gasteiger partial charge in [-0.3, -0.25) is 4.90 Å². The highest BCUT2D eigenvalue weighted by molar-refractivity contribution is 7.80. The molecule has 0 aromatic heterocycles. The van der Waals surface area contributed by atoms with E-state index in [9.17, 15) is 0 Å². The summed E-state index contributed by atoms with van der Waals surface area (Å²) in [6.07, 6.45) is 0.922. The summed E-state index contributed by atoms with van der Waals surface area (Å²) >= 11 is 5.77. The van der Waals surface area contributed by atoms with Crippen LogP contribution in [0.15, 0.2) is 115 Å². The Hall–Kier alpha value is -3.43. The van der Waals surface area contributed by atoms with Gasteiger partial charge in [0.1, 0.15) is 0 Å². The maximum atomic E-state index is 5.77. The number of nitrogens with one attached hydrogen (secondary N) is 1. The summed E-state index contributed by atoms with van der Waals surface area (Å²) in [7, 11) is 0. The first kappa shape index (κ1) is 18.9. The number of hydrogen-bond donors (Lipinski definition) is 1. The molecule has 0 amide bonds. The third kappa shape index (κ3) is 4.89. The van der Waals surface area contributed by atoms with Crippen molar-refractivity contribution in [3.63, 3.8) is 0 Å². The van der Waals surface area contributed by atoms with Crippen molar-refractivity contribution in [3.05, 3.63) is 126 Å². The molecule has 0 bridgehead atoms. The van der Waals surface area contributed by atoms with Crippen LogP contribution in [0, 0.1) is 0 Å². The molecule has 0 heterocycles. The van der Waals surface area contributed by atoms with Crippen molar-refractivity contribution < 1.29 is 0 Å². The fourth-order valence-electron chi connectivity index (χ4n) is 3.25. The van der Waals surface area contributed by atoms with E-state index in [1.165, 1.54) is 11.1 Å². The van der Waals surface area contributed by atoms with Gasteiger partial charge in [0, 0.05) is 17.1 Å². The Morgan fingerprint density at radius 3 is 1.55 bits per heavy atom. The Balaban J connectivity index is 1.52. The minimum atomic E-state index is 0.637. The van der Waals surface area contributed by atoms with Crippen molar-refractivity contribution in [2.75, 3.05) is 10.2 Å². The molecule has 0 fully saturated rings. The Morgan fingerprint density at radius 2 is 1.03 bits per heavy atom. The van der Waals surface area contributed by atoms with Crippen LogP contribution in [0.1, 0.15) is 11.1 Å². The van der Waals surface area contributed by atoms with Gasteiger partial charge in [-0.05, 0) is 66.2 Å². The van der Waals surface area contributed by atoms with Crippen LogP contribution in [0.25, 0.3) is 0 Å². The first-order valence-corrected chi connectivity index (χ1v) is 10.0. The van der Waals surface area contributed by atoms with Gasteiger partial charge in [0.25, 0.3) is 0 Å². The fraction of sp³-hybridized carbons (Fsp3) is 0.0385. The molecule has 0 aliphatic heterocycles. The van der Waals surface area contributed by atoms with Crippen molar-refractivity contribution in [1.29, 1.82) is 0 Å². The Morgan fingerprint density at radius 1 is 0.586 bits per heavy atom. The zero-order valence-electron chi connectivity index (χ0n) is 16.0. The molecule has 2 nitrogen and oxygen atoms in total. The highest BCUT2D eigenvalue weighted by Gasteiger charge is 2.14. The molecule has 4 aromatic carbocycles. The van der Waals surface area contributed by atoms with Crippen LogP contribution in [0.2, 0.25) is 0 Å². The van der Waals surface area contributed by atoms with Gasteiger partial charge in [0.15, 0.2) is 5.11 Å². The first-order chi connectivity index (χ1) is 14.3. The lowest BCUT2D eigenvalue weighted by Crippen LogP contribution is -2.30. The SMILES string of the molecule is S=C(Nc1ccc(Cc2ccccc2)cc1)N(c1ccccc1)c1ccccc1. The topological polar surface area (TPSA) is 15.3 Å². The molecule has 0 spiro atoms. The third-order valence-corrected chi connectivity index (χ3v) is 4.97. The predicted octanol–water partition coefficient (Wildman–Crippen LogP) is 6.81. The van der Waals surface area contributed by atoms with Crippen molar-refractivity contribution >= 4 is 34.4 Å². The van der Waals surface area contributed by atoms with Gasteiger partial charge >= 0.3 is 0 Å². The molecule has 0 atom stereocenters. The summed E-state index contributed by atoms with van der Waals surface area (Å²) in [5.41, 5.74) is 5.61. The van der Waals surface area contributed by atoms with Crippen molar-refractivity contribution in [2.24, 2.45) is 0 Å². The molecule has 0 aliphatic rings. The lowest BCUT2D eigenvalue weighted by Gasteiger charge is -2.26. The summed E-state index contributed by atoms with van der Waals surface area (Å²) in [4.78, 5) is 2.05. The quantitative estimate of drug-likeness (QED) is 0.374. The average molecular weight is 395 g/mol. The zero-order valence-corrected chi connectivity index (χ0v) is 16.8. The molecule has 4 rings (SSSR count). The highest BCUT2D eigenvalue weighted by Crippen LogP contribution is 2.26. The lowest BCUT2D eigenvalue weighted by molar-refractivity contribution is 1.19. The van der Waals surface area contributed by atoms with E-state index in [2.05, 4.69) is 78.1 Å². The van der Waals surface area contributed by atoms with Crippen LogP contribution in [-0.2, 0) is 6.42 Å². The van der Waals surface area contributed by atoms with Crippen LogP contribution in [-0.4, -0.2) is 5.11 Å². The second kappa shape index (κ2) is 9.18. The van der Waals surface area contributed by atoms with E-state index in [4.69, 9.17) is 12.2 Å². The number of anilines is 3. The molecule has 142 valence electrons. The summed E-state index contributed by atoms with van der Waals surface area (Å²) in [5.74, 6) is 0. The number of nitrogens with zero attached hydrogens (tertiary/aromatic N) is 1. The van der Waals surface area contributed by atoms with Gasteiger partial charge in [-0.15, -0.1) is 0 Å². The summed E-state index contributed by atoms with van der Waals surface area (Å²) in [5, 5.41) is 4.02. The largest absolute Gasteiger partial charge is 0.332 e. The predicted molar refractivity (Wildman–Crippen MR) is 127 cm³/mol. The van der Waals surface area contributed by atoms with Gasteiger partial charge in [0.2, 0.25) is 0 Å².